The number of rotatable bonds is 4. The van der Waals surface area contributed by atoms with Gasteiger partial charge in [0.25, 0.3) is 0 Å². The zero-order valence-electron chi connectivity index (χ0n) is 18.2. The molecule has 0 aromatic carbocycles. The van der Waals surface area contributed by atoms with Crippen LogP contribution in [0.2, 0.25) is 0 Å². The minimum atomic E-state index is -0.998. The van der Waals surface area contributed by atoms with Crippen LogP contribution in [0.25, 0.3) is 0 Å². The van der Waals surface area contributed by atoms with Gasteiger partial charge in [0.15, 0.2) is 0 Å². The Balaban J connectivity index is 1.61. The highest BCUT2D eigenvalue weighted by molar-refractivity contribution is 5.64. The van der Waals surface area contributed by atoms with E-state index in [1.807, 2.05) is 0 Å². The van der Waals surface area contributed by atoms with Crippen molar-refractivity contribution >= 4 is 5.97 Å². The van der Waals surface area contributed by atoms with E-state index in [2.05, 4.69) is 20.8 Å². The molecule has 166 valence electrons. The normalized spacial score (nSPS) is 52.9. The molecule has 0 aliphatic heterocycles. The Kier molecular flexibility index (Phi) is 5.57. The Hall–Kier alpha value is -0.650. The summed E-state index contributed by atoms with van der Waals surface area (Å²) >= 11 is 0. The van der Waals surface area contributed by atoms with Gasteiger partial charge < -0.3 is 25.2 Å². The predicted molar refractivity (Wildman–Crippen MR) is 107 cm³/mol. The quantitative estimate of drug-likeness (QED) is 0.663. The summed E-state index contributed by atoms with van der Waals surface area (Å²) in [6, 6.07) is 0. The summed E-state index contributed by atoms with van der Waals surface area (Å²) < 4.78 is 0. The second-order valence-corrected chi connectivity index (χ2v) is 11.4. The molecule has 5 nitrogen and oxygen atoms in total. The zero-order valence-corrected chi connectivity index (χ0v) is 18.2. The first kappa shape index (κ1) is 21.6. The van der Waals surface area contributed by atoms with Gasteiger partial charge in [-0.3, -0.25) is 0 Å². The third kappa shape index (κ3) is 3.27. The number of fused-ring (bicyclic) bond motifs is 5. The predicted octanol–water partition coefficient (Wildman–Crippen LogP) is 2.11. The second-order valence-electron chi connectivity index (χ2n) is 11.4. The molecule has 0 amide bonds. The maximum absolute atomic E-state index is 11.5. The zero-order chi connectivity index (χ0) is 21.1. The third-order valence-corrected chi connectivity index (χ3v) is 10.3. The lowest BCUT2D eigenvalue weighted by molar-refractivity contribution is -0.306. The van der Waals surface area contributed by atoms with E-state index >= 15 is 0 Å². The number of hydrogen-bond acceptors (Lipinski definition) is 5. The van der Waals surface area contributed by atoms with Gasteiger partial charge in [0.1, 0.15) is 0 Å². The number of carboxylic acid groups (broad SMARTS) is 1. The summed E-state index contributed by atoms with van der Waals surface area (Å²) in [6.07, 6.45) is 5.72. The van der Waals surface area contributed by atoms with E-state index in [9.17, 15) is 25.2 Å². The van der Waals surface area contributed by atoms with Gasteiger partial charge in [-0.25, -0.2) is 0 Å². The molecular weight excluding hydrogens is 368 g/mol. The van der Waals surface area contributed by atoms with Crippen molar-refractivity contribution in [1.29, 1.82) is 0 Å². The first-order chi connectivity index (χ1) is 13.6. The average molecular weight is 408 g/mol. The molecule has 3 N–H and O–H groups in total. The number of aliphatic carboxylic acids is 1. The highest BCUT2D eigenvalue weighted by Gasteiger charge is 2.65. The first-order valence-electron chi connectivity index (χ1n) is 11.8. The van der Waals surface area contributed by atoms with Gasteiger partial charge in [-0.1, -0.05) is 20.8 Å². The van der Waals surface area contributed by atoms with Gasteiger partial charge in [-0.15, -0.1) is 0 Å². The number of carbonyl (C=O) groups excluding carboxylic acids is 1. The van der Waals surface area contributed by atoms with Crippen molar-refractivity contribution < 1.29 is 25.2 Å². The van der Waals surface area contributed by atoms with Crippen LogP contribution in [0.3, 0.4) is 0 Å². The molecule has 29 heavy (non-hydrogen) atoms. The molecule has 0 bridgehead atoms. The van der Waals surface area contributed by atoms with Crippen molar-refractivity contribution in [2.24, 2.45) is 46.3 Å². The lowest BCUT2D eigenvalue weighted by atomic mass is 9.43. The third-order valence-electron chi connectivity index (χ3n) is 10.3. The Morgan fingerprint density at radius 3 is 2.48 bits per heavy atom. The summed E-state index contributed by atoms with van der Waals surface area (Å²) in [5, 5.41) is 43.9. The fourth-order valence-corrected chi connectivity index (χ4v) is 8.68. The van der Waals surface area contributed by atoms with Crippen molar-refractivity contribution in [2.75, 3.05) is 0 Å². The molecule has 0 radical (unpaired) electrons. The Morgan fingerprint density at radius 1 is 1.07 bits per heavy atom. The van der Waals surface area contributed by atoms with Crippen LogP contribution in [0.4, 0.5) is 0 Å². The molecule has 0 aromatic heterocycles. The summed E-state index contributed by atoms with van der Waals surface area (Å²) in [4.78, 5) is 11.0. The Bertz CT molecular complexity index is 637. The highest BCUT2D eigenvalue weighted by atomic mass is 16.4. The maximum Gasteiger partial charge on any atom is 0.0602 e. The standard InChI is InChI=1S/C24H40O5/c1-13(4-7-21(28)29)16-5-6-17-22-18(12-20(27)24(16,17)3)23(2)9-8-15(25)10-14(23)11-19(22)26/h13-20,22,25-27H,4-12H2,1-3H3,(H,28,29)/p-1/t13-,14+,15?,16-,17+,18+,19?,20?,22+,23+,24-/m1/s1. The molecule has 5 heteroatoms. The molecule has 0 heterocycles. The van der Waals surface area contributed by atoms with E-state index in [1.54, 1.807) is 0 Å². The molecule has 3 unspecified atom stereocenters. The molecular formula is C24H39O5-. The van der Waals surface area contributed by atoms with Crippen molar-refractivity contribution in [2.45, 2.75) is 96.9 Å². The van der Waals surface area contributed by atoms with Gasteiger partial charge in [0.05, 0.1) is 18.3 Å². The Morgan fingerprint density at radius 2 is 1.79 bits per heavy atom. The largest absolute Gasteiger partial charge is 0.550 e. The van der Waals surface area contributed by atoms with Crippen molar-refractivity contribution in [3.8, 4) is 0 Å². The molecule has 0 aromatic rings. The fraction of sp³-hybridized carbons (Fsp3) is 0.958. The van der Waals surface area contributed by atoms with Gasteiger partial charge in [-0.05, 0) is 104 Å². The number of aliphatic hydroxyl groups excluding tert-OH is 3. The van der Waals surface area contributed by atoms with Crippen LogP contribution in [-0.2, 0) is 4.79 Å². The minimum Gasteiger partial charge on any atom is -0.550 e. The van der Waals surface area contributed by atoms with Crippen LogP contribution in [0.5, 0.6) is 0 Å². The summed E-state index contributed by atoms with van der Waals surface area (Å²) in [7, 11) is 0. The molecule has 0 spiro atoms. The van der Waals surface area contributed by atoms with Crippen molar-refractivity contribution in [3.63, 3.8) is 0 Å². The van der Waals surface area contributed by atoms with Gasteiger partial charge in [0.2, 0.25) is 0 Å². The second kappa shape index (κ2) is 7.49. The number of aliphatic hydroxyl groups is 3. The topological polar surface area (TPSA) is 101 Å². The Labute approximate surface area is 174 Å². The van der Waals surface area contributed by atoms with E-state index < -0.39 is 12.1 Å². The van der Waals surface area contributed by atoms with E-state index in [0.29, 0.717) is 18.3 Å². The molecule has 11 atom stereocenters. The van der Waals surface area contributed by atoms with Crippen molar-refractivity contribution in [3.05, 3.63) is 0 Å². The van der Waals surface area contributed by atoms with E-state index in [1.165, 1.54) is 0 Å². The summed E-state index contributed by atoms with van der Waals surface area (Å²) in [5.74, 6) is 0.635. The maximum atomic E-state index is 11.5. The molecule has 4 saturated carbocycles. The van der Waals surface area contributed by atoms with Gasteiger partial charge >= 0.3 is 0 Å². The highest BCUT2D eigenvalue weighted by Crippen LogP contribution is 2.68. The van der Waals surface area contributed by atoms with Crippen LogP contribution in [0.15, 0.2) is 0 Å². The van der Waals surface area contributed by atoms with Gasteiger partial charge in [-0.2, -0.15) is 0 Å². The van der Waals surface area contributed by atoms with Crippen LogP contribution >= 0.6 is 0 Å². The lowest BCUT2D eigenvalue weighted by Gasteiger charge is -2.63. The average Bonchev–Trinajstić information content (AvgIpc) is 3.01. The number of carboxylic acids is 1. The molecule has 4 aliphatic rings. The SMILES string of the molecule is C[C@H](CCC(=O)[O-])[C@H]1CC[C@H]2[C@@H]3C(O)C[C@@H]4CC(O)CC[C@]4(C)[C@H]3CC(O)[C@]12C. The van der Waals surface area contributed by atoms with Gasteiger partial charge in [0, 0.05) is 5.97 Å². The minimum absolute atomic E-state index is 0.0747. The fourth-order valence-electron chi connectivity index (χ4n) is 8.68. The number of carbonyl (C=O) groups is 1. The van der Waals surface area contributed by atoms with Crippen LogP contribution in [0, 0.1) is 46.3 Å². The monoisotopic (exact) mass is 407 g/mol. The van der Waals surface area contributed by atoms with Crippen LogP contribution in [0.1, 0.15) is 78.6 Å². The van der Waals surface area contributed by atoms with Crippen LogP contribution in [-0.4, -0.2) is 39.6 Å². The van der Waals surface area contributed by atoms with Crippen molar-refractivity contribution in [1.82, 2.24) is 0 Å². The molecule has 4 rings (SSSR count). The van der Waals surface area contributed by atoms with E-state index in [4.69, 9.17) is 0 Å². The number of hydrogen-bond donors (Lipinski definition) is 3. The summed E-state index contributed by atoms with van der Waals surface area (Å²) in [5.41, 5.74) is -0.172. The summed E-state index contributed by atoms with van der Waals surface area (Å²) in [6.45, 7) is 6.67. The smallest absolute Gasteiger partial charge is 0.0602 e. The molecule has 4 aliphatic carbocycles. The van der Waals surface area contributed by atoms with E-state index in [-0.39, 0.29) is 53.1 Å². The van der Waals surface area contributed by atoms with E-state index in [0.717, 1.165) is 44.9 Å². The lowest BCUT2D eigenvalue weighted by Crippen LogP contribution is -2.62. The molecule has 0 saturated heterocycles. The van der Waals surface area contributed by atoms with Crippen LogP contribution < -0.4 is 5.11 Å². The first-order valence-corrected chi connectivity index (χ1v) is 11.8. The molecule has 4 fully saturated rings.